The summed E-state index contributed by atoms with van der Waals surface area (Å²) in [5, 5.41) is 12.7. The van der Waals surface area contributed by atoms with Crippen LogP contribution in [0.25, 0.3) is 0 Å². The Morgan fingerprint density at radius 1 is 1.37 bits per heavy atom. The molecule has 0 spiro atoms. The average Bonchev–Trinajstić information content (AvgIpc) is 2.38. The summed E-state index contributed by atoms with van der Waals surface area (Å²) >= 11 is 1.70. The molecular formula is C15H24FNOS. The molecule has 0 heterocycles. The lowest BCUT2D eigenvalue weighted by molar-refractivity contribution is 0.289. The van der Waals surface area contributed by atoms with Crippen LogP contribution >= 0.6 is 11.8 Å². The minimum atomic E-state index is -0.195. The van der Waals surface area contributed by atoms with Crippen molar-refractivity contribution in [1.82, 2.24) is 5.32 Å². The maximum atomic E-state index is 13.4. The molecule has 19 heavy (non-hydrogen) atoms. The number of aliphatic hydroxyl groups is 1. The standard InChI is InChI=1S/C15H24FNOS/c1-4-8-17-12(3)14-10-13(16)5-6-15(14)19-11(2)7-9-18/h5-6,10-12,17-18H,4,7-9H2,1-3H3. The molecule has 1 aromatic rings. The first-order valence-corrected chi connectivity index (χ1v) is 7.76. The monoisotopic (exact) mass is 285 g/mol. The normalized spacial score (nSPS) is 14.4. The van der Waals surface area contributed by atoms with Crippen molar-refractivity contribution >= 4 is 11.8 Å². The Labute approximate surface area is 119 Å². The van der Waals surface area contributed by atoms with Crippen molar-refractivity contribution in [2.24, 2.45) is 0 Å². The van der Waals surface area contributed by atoms with Crippen molar-refractivity contribution in [2.45, 2.75) is 49.8 Å². The second kappa shape index (κ2) is 8.56. The smallest absolute Gasteiger partial charge is 0.123 e. The zero-order valence-electron chi connectivity index (χ0n) is 11.9. The Morgan fingerprint density at radius 2 is 2.11 bits per heavy atom. The summed E-state index contributed by atoms with van der Waals surface area (Å²) in [5.41, 5.74) is 1.00. The minimum Gasteiger partial charge on any atom is -0.396 e. The van der Waals surface area contributed by atoms with Crippen molar-refractivity contribution in [2.75, 3.05) is 13.2 Å². The van der Waals surface area contributed by atoms with E-state index in [0.29, 0.717) is 5.25 Å². The zero-order chi connectivity index (χ0) is 14.3. The average molecular weight is 285 g/mol. The first-order chi connectivity index (χ1) is 9.08. The second-order valence-corrected chi connectivity index (χ2v) is 6.28. The van der Waals surface area contributed by atoms with Gasteiger partial charge < -0.3 is 10.4 Å². The van der Waals surface area contributed by atoms with Crippen LogP contribution in [-0.2, 0) is 0 Å². The highest BCUT2D eigenvalue weighted by Crippen LogP contribution is 2.32. The maximum absolute atomic E-state index is 13.4. The summed E-state index contributed by atoms with van der Waals surface area (Å²) in [7, 11) is 0. The highest BCUT2D eigenvalue weighted by atomic mass is 32.2. The van der Waals surface area contributed by atoms with E-state index < -0.39 is 0 Å². The van der Waals surface area contributed by atoms with E-state index >= 15 is 0 Å². The highest BCUT2D eigenvalue weighted by molar-refractivity contribution is 8.00. The van der Waals surface area contributed by atoms with E-state index in [1.807, 2.05) is 6.07 Å². The Bertz CT molecular complexity index is 386. The topological polar surface area (TPSA) is 32.3 Å². The molecule has 2 unspecified atom stereocenters. The van der Waals surface area contributed by atoms with Gasteiger partial charge in [-0.1, -0.05) is 13.8 Å². The molecule has 4 heteroatoms. The molecule has 1 rings (SSSR count). The largest absolute Gasteiger partial charge is 0.396 e. The summed E-state index contributed by atoms with van der Waals surface area (Å²) in [4.78, 5) is 1.10. The van der Waals surface area contributed by atoms with Crippen molar-refractivity contribution in [3.05, 3.63) is 29.6 Å². The Kier molecular flexibility index (Phi) is 7.42. The minimum absolute atomic E-state index is 0.138. The van der Waals surface area contributed by atoms with Crippen molar-refractivity contribution in [3.8, 4) is 0 Å². The van der Waals surface area contributed by atoms with Crippen LogP contribution in [0.5, 0.6) is 0 Å². The molecule has 0 aliphatic rings. The van der Waals surface area contributed by atoms with Crippen molar-refractivity contribution in [1.29, 1.82) is 0 Å². The van der Waals surface area contributed by atoms with Gasteiger partial charge in [0.25, 0.3) is 0 Å². The summed E-state index contributed by atoms with van der Waals surface area (Å²) in [6.07, 6.45) is 1.81. The number of aliphatic hydroxyl groups excluding tert-OH is 1. The maximum Gasteiger partial charge on any atom is 0.123 e. The fraction of sp³-hybridized carbons (Fsp3) is 0.600. The molecule has 0 aliphatic carbocycles. The number of halogens is 1. The van der Waals surface area contributed by atoms with Crippen LogP contribution in [0.2, 0.25) is 0 Å². The van der Waals surface area contributed by atoms with Crippen LogP contribution in [0.1, 0.15) is 45.2 Å². The Hall–Kier alpha value is -0.580. The lowest BCUT2D eigenvalue weighted by atomic mass is 10.1. The van der Waals surface area contributed by atoms with Gasteiger partial charge in [0.1, 0.15) is 5.82 Å². The van der Waals surface area contributed by atoms with Gasteiger partial charge in [-0.05, 0) is 50.1 Å². The molecule has 0 aromatic heterocycles. The van der Waals surface area contributed by atoms with Gasteiger partial charge in [0.05, 0.1) is 0 Å². The number of hydrogen-bond acceptors (Lipinski definition) is 3. The lowest BCUT2D eigenvalue weighted by Gasteiger charge is -2.19. The number of rotatable bonds is 8. The molecule has 2 N–H and O–H groups in total. The van der Waals surface area contributed by atoms with Crippen molar-refractivity contribution in [3.63, 3.8) is 0 Å². The summed E-state index contributed by atoms with van der Waals surface area (Å²) in [5.74, 6) is -0.195. The van der Waals surface area contributed by atoms with Crippen LogP contribution in [-0.4, -0.2) is 23.5 Å². The highest BCUT2D eigenvalue weighted by Gasteiger charge is 2.14. The lowest BCUT2D eigenvalue weighted by Crippen LogP contribution is -2.20. The molecule has 0 fully saturated rings. The fourth-order valence-corrected chi connectivity index (χ4v) is 3.07. The van der Waals surface area contributed by atoms with Crippen LogP contribution in [0.3, 0.4) is 0 Å². The number of hydrogen-bond donors (Lipinski definition) is 2. The van der Waals surface area contributed by atoms with E-state index in [1.165, 1.54) is 6.07 Å². The van der Waals surface area contributed by atoms with E-state index in [9.17, 15) is 4.39 Å². The molecular weight excluding hydrogens is 261 g/mol. The first-order valence-electron chi connectivity index (χ1n) is 6.88. The van der Waals surface area contributed by atoms with E-state index in [0.717, 1.165) is 29.8 Å². The van der Waals surface area contributed by atoms with Gasteiger partial charge in [0, 0.05) is 22.8 Å². The molecule has 0 saturated heterocycles. The van der Waals surface area contributed by atoms with Crippen LogP contribution in [0.4, 0.5) is 4.39 Å². The number of thioether (sulfide) groups is 1. The van der Waals surface area contributed by atoms with Gasteiger partial charge in [-0.25, -0.2) is 4.39 Å². The number of benzene rings is 1. The van der Waals surface area contributed by atoms with Crippen LogP contribution in [0, 0.1) is 5.82 Å². The third-order valence-corrected chi connectivity index (χ3v) is 4.27. The van der Waals surface area contributed by atoms with Gasteiger partial charge >= 0.3 is 0 Å². The third kappa shape index (κ3) is 5.51. The summed E-state index contributed by atoms with van der Waals surface area (Å²) in [6.45, 7) is 7.37. The molecule has 0 bridgehead atoms. The second-order valence-electron chi connectivity index (χ2n) is 4.80. The number of nitrogens with one attached hydrogen (secondary N) is 1. The predicted molar refractivity (Wildman–Crippen MR) is 80.1 cm³/mol. The molecule has 108 valence electrons. The van der Waals surface area contributed by atoms with E-state index in [-0.39, 0.29) is 18.5 Å². The SMILES string of the molecule is CCCNC(C)c1cc(F)ccc1SC(C)CCO. The van der Waals surface area contributed by atoms with Gasteiger partial charge in [-0.2, -0.15) is 0 Å². The van der Waals surface area contributed by atoms with Crippen LogP contribution < -0.4 is 5.32 Å². The van der Waals surface area contributed by atoms with Gasteiger partial charge in [-0.3, -0.25) is 0 Å². The van der Waals surface area contributed by atoms with E-state index in [2.05, 4.69) is 26.1 Å². The Morgan fingerprint density at radius 3 is 2.74 bits per heavy atom. The molecule has 0 amide bonds. The molecule has 2 atom stereocenters. The molecule has 0 saturated carbocycles. The molecule has 1 aromatic carbocycles. The fourth-order valence-electron chi connectivity index (χ4n) is 1.89. The quantitative estimate of drug-likeness (QED) is 0.714. The van der Waals surface area contributed by atoms with Crippen molar-refractivity contribution < 1.29 is 9.50 Å². The first kappa shape index (κ1) is 16.5. The predicted octanol–water partition coefficient (Wildman–Crippen LogP) is 3.75. The van der Waals surface area contributed by atoms with Gasteiger partial charge in [0.2, 0.25) is 0 Å². The summed E-state index contributed by atoms with van der Waals surface area (Å²) in [6, 6.07) is 5.10. The molecule has 0 radical (unpaired) electrons. The third-order valence-electron chi connectivity index (χ3n) is 3.00. The van der Waals surface area contributed by atoms with E-state index in [4.69, 9.17) is 5.11 Å². The van der Waals surface area contributed by atoms with Gasteiger partial charge in [-0.15, -0.1) is 11.8 Å². The molecule has 0 aliphatic heterocycles. The Balaban J connectivity index is 2.84. The van der Waals surface area contributed by atoms with Crippen LogP contribution in [0.15, 0.2) is 23.1 Å². The van der Waals surface area contributed by atoms with Gasteiger partial charge in [0.15, 0.2) is 0 Å². The zero-order valence-corrected chi connectivity index (χ0v) is 12.8. The summed E-state index contributed by atoms with van der Waals surface area (Å²) < 4.78 is 13.4. The van der Waals surface area contributed by atoms with E-state index in [1.54, 1.807) is 17.8 Å². The molecule has 2 nitrogen and oxygen atoms in total.